The van der Waals surface area contributed by atoms with E-state index in [1.165, 1.54) is 0 Å². The molecule has 0 heterocycles. The maximum absolute atomic E-state index is 7.72. The van der Waals surface area contributed by atoms with Crippen LogP contribution >= 0.6 is 23.7 Å². The molecule has 0 amide bonds. The molecule has 0 saturated heterocycles. The predicted molar refractivity (Wildman–Crippen MR) is 12.8 cm³/mol. The van der Waals surface area contributed by atoms with E-state index in [2.05, 4.69) is 23.7 Å². The van der Waals surface area contributed by atoms with Crippen molar-refractivity contribution in [3.8, 4) is 0 Å². The van der Waals surface area contributed by atoms with Crippen molar-refractivity contribution >= 4 is 23.7 Å². The summed E-state index contributed by atoms with van der Waals surface area (Å²) in [6, 6.07) is 0. The van der Waals surface area contributed by atoms with Gasteiger partial charge in [0.15, 0.2) is 0 Å². The maximum atomic E-state index is 7.72. The molecular weight excluding hydrogens is 126 g/mol. The van der Waals surface area contributed by atoms with Gasteiger partial charge in [0.05, 0.1) is 0 Å². The van der Waals surface area contributed by atoms with Crippen LogP contribution < -0.4 is 38.9 Å². The van der Waals surface area contributed by atoms with Crippen LogP contribution in [0, 0.1) is 0 Å². The molecule has 0 fully saturated rings. The average molecular weight is 127 g/mol. The largest absolute Gasteiger partial charge is 1.00 e. The molecule has 0 saturated carbocycles. The van der Waals surface area contributed by atoms with Gasteiger partial charge in [-0.25, -0.2) is 23.7 Å². The second-order valence-corrected chi connectivity index (χ2v) is 0. The second kappa shape index (κ2) is 49.5. The van der Waals surface area contributed by atoms with Gasteiger partial charge >= 0.3 is 31.0 Å². The van der Waals surface area contributed by atoms with Gasteiger partial charge in [0.25, 0.3) is 0 Å². The van der Waals surface area contributed by atoms with Crippen LogP contribution in [0.5, 0.6) is 0 Å². The molecule has 0 aliphatic rings. The van der Waals surface area contributed by atoms with Crippen LogP contribution in [0.15, 0.2) is 0 Å². The fraction of sp³-hybridized carbons (Fsp3) is 0. The van der Waals surface area contributed by atoms with Crippen LogP contribution in [0.1, 0.15) is 1.43 Å². The average Bonchev–Trinajstić information content (AvgIpc) is 1.50. The summed E-state index contributed by atoms with van der Waals surface area (Å²) in [6.07, 6.45) is 0. The molecule has 0 aromatic rings. The summed E-state index contributed by atoms with van der Waals surface area (Å²) in [4.78, 5) is 0. The van der Waals surface area contributed by atoms with E-state index in [9.17, 15) is 0 Å². The van der Waals surface area contributed by atoms with Gasteiger partial charge in [-0.05, 0) is 0 Å². The number of hydrogen-bond acceptors (Lipinski definition) is 2. The topological polar surface area (TPSA) is 46.1 Å². The van der Waals surface area contributed by atoms with E-state index >= 15 is 0 Å². The SMILES string of the molecule is [H+].[Na+].[O-]Cl.[O-]Cl. The molecule has 5 heteroatoms. The first-order valence-corrected chi connectivity index (χ1v) is 0.926. The number of hydrogen-bond donors (Lipinski definition) is 0. The Labute approximate surface area is 63.8 Å². The molecule has 0 N–H and O–H groups in total. The zero-order valence-electron chi connectivity index (χ0n) is 3.57. The first-order valence-electron chi connectivity index (χ1n) is 0.309. The summed E-state index contributed by atoms with van der Waals surface area (Å²) in [6.45, 7) is 0. The van der Waals surface area contributed by atoms with Crippen molar-refractivity contribution in [2.75, 3.05) is 0 Å². The van der Waals surface area contributed by atoms with E-state index < -0.39 is 0 Å². The number of halogens is 2. The molecule has 0 atom stereocenters. The third kappa shape index (κ3) is 29.9. The van der Waals surface area contributed by atoms with Gasteiger partial charge in [-0.3, -0.25) is 0 Å². The molecule has 2 nitrogen and oxygen atoms in total. The zero-order chi connectivity index (χ0) is 4.00. The fourth-order valence-electron chi connectivity index (χ4n) is 0. The van der Waals surface area contributed by atoms with Crippen molar-refractivity contribution in [2.45, 2.75) is 0 Å². The first-order chi connectivity index (χ1) is 2.00. The Bertz CT molecular complexity index is 11.5. The zero-order valence-corrected chi connectivity index (χ0v) is 6.08. The van der Waals surface area contributed by atoms with Gasteiger partial charge in [-0.2, -0.15) is 0 Å². The van der Waals surface area contributed by atoms with Gasteiger partial charge in [-0.15, -0.1) is 0 Å². The Morgan fingerprint density at radius 2 is 1.00 bits per heavy atom. The molecule has 0 aromatic heterocycles. The molecule has 0 rings (SSSR count). The molecule has 0 bridgehead atoms. The van der Waals surface area contributed by atoms with Crippen LogP contribution in [0.4, 0.5) is 0 Å². The van der Waals surface area contributed by atoms with Gasteiger partial charge in [0.2, 0.25) is 0 Å². The standard InChI is InChI=1S/2ClO.Na/c2*1-2;/q2*-1;+1/p+1. The van der Waals surface area contributed by atoms with E-state index in [-0.39, 0.29) is 31.0 Å². The minimum absolute atomic E-state index is 0. The smallest absolute Gasteiger partial charge is 0.769 e. The maximum Gasteiger partial charge on any atom is 1.00 e. The van der Waals surface area contributed by atoms with Crippen molar-refractivity contribution in [3.63, 3.8) is 0 Å². The second-order valence-electron chi connectivity index (χ2n) is 0. The first kappa shape index (κ1) is 16.1. The van der Waals surface area contributed by atoms with Crippen molar-refractivity contribution in [3.05, 3.63) is 0 Å². The normalized spacial score (nSPS) is 2.40. The molecule has 28 valence electrons. The van der Waals surface area contributed by atoms with Crippen LogP contribution in [0.3, 0.4) is 0 Å². The molecule has 0 radical (unpaired) electrons. The summed E-state index contributed by atoms with van der Waals surface area (Å²) < 4.78 is 15.4. The summed E-state index contributed by atoms with van der Waals surface area (Å²) in [7, 11) is 0. The third-order valence-electron chi connectivity index (χ3n) is 0. The van der Waals surface area contributed by atoms with Crippen LogP contribution in [-0.4, -0.2) is 0 Å². The molecule has 0 aliphatic heterocycles. The van der Waals surface area contributed by atoms with Gasteiger partial charge in [-0.1, -0.05) is 0 Å². The predicted octanol–water partition coefficient (Wildman–Crippen LogP) is -3.88. The molecular formula is HCl2NaO2. The number of rotatable bonds is 0. The molecule has 0 unspecified atom stereocenters. The van der Waals surface area contributed by atoms with Crippen molar-refractivity contribution < 1.29 is 40.3 Å². The van der Waals surface area contributed by atoms with Gasteiger partial charge < -0.3 is 9.32 Å². The summed E-state index contributed by atoms with van der Waals surface area (Å²) >= 11 is 6.78. The van der Waals surface area contributed by atoms with E-state index in [0.717, 1.165) is 0 Å². The van der Waals surface area contributed by atoms with Gasteiger partial charge in [0.1, 0.15) is 0 Å². The van der Waals surface area contributed by atoms with Crippen molar-refractivity contribution in [1.29, 1.82) is 0 Å². The molecule has 5 heavy (non-hydrogen) atoms. The molecule has 0 aliphatic carbocycles. The van der Waals surface area contributed by atoms with Crippen LogP contribution in [-0.2, 0) is 0 Å². The Kier molecular flexibility index (Phi) is 159. The van der Waals surface area contributed by atoms with Crippen LogP contribution in [0.2, 0.25) is 0 Å². The van der Waals surface area contributed by atoms with E-state index in [1.807, 2.05) is 0 Å². The van der Waals surface area contributed by atoms with Crippen molar-refractivity contribution in [2.24, 2.45) is 0 Å². The quantitative estimate of drug-likeness (QED) is 0.312. The van der Waals surface area contributed by atoms with Crippen molar-refractivity contribution in [1.82, 2.24) is 0 Å². The fourth-order valence-corrected chi connectivity index (χ4v) is 0. The molecule has 0 aromatic carbocycles. The Hall–Kier alpha value is 1.50. The Morgan fingerprint density at radius 3 is 1.00 bits per heavy atom. The van der Waals surface area contributed by atoms with Crippen LogP contribution in [0.25, 0.3) is 0 Å². The minimum Gasteiger partial charge on any atom is -0.769 e. The van der Waals surface area contributed by atoms with Gasteiger partial charge in [0, 0.05) is 0 Å². The van der Waals surface area contributed by atoms with E-state index in [4.69, 9.17) is 9.32 Å². The third-order valence-corrected chi connectivity index (χ3v) is 0. The van der Waals surface area contributed by atoms with E-state index in [0.29, 0.717) is 0 Å². The summed E-state index contributed by atoms with van der Waals surface area (Å²) in [5, 5.41) is 0. The minimum atomic E-state index is 0. The summed E-state index contributed by atoms with van der Waals surface area (Å²) in [5.41, 5.74) is 0. The Morgan fingerprint density at radius 1 is 1.00 bits per heavy atom. The Balaban J connectivity index is -0.00000000500. The monoisotopic (exact) mass is 126 g/mol. The van der Waals surface area contributed by atoms with E-state index in [1.54, 1.807) is 0 Å². The summed E-state index contributed by atoms with van der Waals surface area (Å²) in [5.74, 6) is 0. The molecule has 0 spiro atoms.